The molecule has 0 atom stereocenters. The molecule has 0 aliphatic heterocycles. The van der Waals surface area contributed by atoms with Gasteiger partial charge >= 0.3 is 24.4 Å². The lowest BCUT2D eigenvalue weighted by Crippen LogP contribution is -2.60. The summed E-state index contributed by atoms with van der Waals surface area (Å²) in [5.74, 6) is 0. The van der Waals surface area contributed by atoms with Crippen molar-refractivity contribution in [3.8, 4) is 0 Å². The Labute approximate surface area is 87.4 Å². The molecule has 2 nitrogen and oxygen atoms in total. The highest BCUT2D eigenvalue weighted by Crippen LogP contribution is 2.51. The van der Waals surface area contributed by atoms with E-state index < -0.39 is 37.7 Å². The van der Waals surface area contributed by atoms with Crippen LogP contribution in [-0.4, -0.2) is 29.1 Å². The second-order valence-corrected chi connectivity index (χ2v) is 3.03. The van der Waals surface area contributed by atoms with E-state index in [2.05, 4.69) is 0 Å². The molecule has 0 aromatic heterocycles. The van der Waals surface area contributed by atoms with E-state index in [1.807, 2.05) is 0 Å². The molecule has 0 saturated heterocycles. The van der Waals surface area contributed by atoms with Gasteiger partial charge in [0, 0.05) is 0 Å². The van der Waals surface area contributed by atoms with E-state index in [4.69, 9.17) is 0 Å². The average molecular weight is 299 g/mol. The van der Waals surface area contributed by atoms with E-state index in [-0.39, 0.29) is 0 Å². The van der Waals surface area contributed by atoms with Crippen molar-refractivity contribution in [3.63, 3.8) is 0 Å². The SMILES string of the molecule is O=PN(C(F)(F)C(F)(F)F)C(F)(F)C(F)(F)F. The first-order valence-electron chi connectivity index (χ1n) is 3.22. The van der Waals surface area contributed by atoms with E-state index >= 15 is 0 Å². The van der Waals surface area contributed by atoms with Crippen LogP contribution in [0.25, 0.3) is 0 Å². The van der Waals surface area contributed by atoms with Crippen molar-refractivity contribution in [2.24, 2.45) is 0 Å². The van der Waals surface area contributed by atoms with Crippen LogP contribution in [0.5, 0.6) is 0 Å². The lowest BCUT2D eigenvalue weighted by Gasteiger charge is -2.32. The molecule has 0 spiro atoms. The Balaban J connectivity index is 5.60. The molecule has 0 fully saturated rings. The molecule has 0 radical (unpaired) electrons. The first kappa shape index (κ1) is 16.4. The fraction of sp³-hybridized carbons (Fsp3) is 1.00. The highest BCUT2D eigenvalue weighted by molar-refractivity contribution is 7.20. The third kappa shape index (κ3) is 2.79. The Morgan fingerprint density at radius 3 is 1.00 bits per heavy atom. The van der Waals surface area contributed by atoms with E-state index in [0.717, 1.165) is 0 Å². The molecule has 0 heterocycles. The van der Waals surface area contributed by atoms with E-state index in [9.17, 15) is 48.5 Å². The lowest BCUT2D eigenvalue weighted by atomic mass is 10.4. The van der Waals surface area contributed by atoms with Gasteiger partial charge in [-0.3, -0.25) is 4.57 Å². The Morgan fingerprint density at radius 1 is 0.647 bits per heavy atom. The summed E-state index contributed by atoms with van der Waals surface area (Å²) in [5.41, 5.74) is 0. The van der Waals surface area contributed by atoms with Crippen molar-refractivity contribution in [2.75, 3.05) is 0 Å². The summed E-state index contributed by atoms with van der Waals surface area (Å²) in [4.78, 5) is 0. The molecular weight excluding hydrogens is 299 g/mol. The minimum atomic E-state index is -6.75. The van der Waals surface area contributed by atoms with Crippen molar-refractivity contribution in [2.45, 2.75) is 24.4 Å². The third-order valence-corrected chi connectivity index (χ3v) is 1.96. The van der Waals surface area contributed by atoms with Crippen LogP contribution in [0.2, 0.25) is 0 Å². The zero-order valence-electron chi connectivity index (χ0n) is 7.08. The Kier molecular flexibility index (Phi) is 4.07. The maximum Gasteiger partial charge on any atom is 0.470 e. The van der Waals surface area contributed by atoms with Crippen molar-refractivity contribution in [3.05, 3.63) is 0 Å². The van der Waals surface area contributed by atoms with E-state index in [0.29, 0.717) is 0 Å². The number of halogens is 10. The van der Waals surface area contributed by atoms with Gasteiger partial charge < -0.3 is 0 Å². The molecule has 0 unspecified atom stereocenters. The lowest BCUT2D eigenvalue weighted by molar-refractivity contribution is -0.405. The first-order valence-corrected chi connectivity index (χ1v) is 3.98. The normalized spacial score (nSPS) is 15.7. The molecular formula is C4F10NOP. The van der Waals surface area contributed by atoms with Gasteiger partial charge in [-0.1, -0.05) is 4.67 Å². The molecule has 0 aliphatic carbocycles. The number of alkyl halides is 10. The van der Waals surface area contributed by atoms with Gasteiger partial charge in [0.1, 0.15) is 0 Å². The predicted molar refractivity (Wildman–Crippen MR) is 31.4 cm³/mol. The monoisotopic (exact) mass is 299 g/mol. The van der Waals surface area contributed by atoms with Crippen LogP contribution in [0.1, 0.15) is 0 Å². The van der Waals surface area contributed by atoms with Crippen LogP contribution in [0.15, 0.2) is 0 Å². The van der Waals surface area contributed by atoms with E-state index in [1.54, 1.807) is 0 Å². The topological polar surface area (TPSA) is 20.3 Å². The van der Waals surface area contributed by atoms with Crippen LogP contribution < -0.4 is 0 Å². The van der Waals surface area contributed by atoms with Crippen LogP contribution in [-0.2, 0) is 4.57 Å². The second kappa shape index (κ2) is 4.23. The molecule has 0 aromatic carbocycles. The molecule has 0 saturated carbocycles. The Bertz CT molecular complexity index is 268. The summed E-state index contributed by atoms with van der Waals surface area (Å²) < 4.78 is 125. The summed E-state index contributed by atoms with van der Waals surface area (Å²) in [6.07, 6.45) is -13.5. The molecule has 0 bridgehead atoms. The maximum atomic E-state index is 12.2. The first-order chi connectivity index (χ1) is 7.19. The quantitative estimate of drug-likeness (QED) is 0.449. The van der Waals surface area contributed by atoms with Gasteiger partial charge in [0.2, 0.25) is 0 Å². The van der Waals surface area contributed by atoms with Crippen molar-refractivity contribution >= 4 is 8.61 Å². The Morgan fingerprint density at radius 2 is 0.882 bits per heavy atom. The summed E-state index contributed by atoms with van der Waals surface area (Å²) in [6.45, 7) is 0. The minimum absolute atomic E-state index is 2.83. The molecule has 13 heteroatoms. The average Bonchev–Trinajstić information content (AvgIpc) is 1.99. The number of nitrogens with zero attached hydrogens (tertiary/aromatic N) is 1. The van der Waals surface area contributed by atoms with Gasteiger partial charge in [0.05, 0.1) is 0 Å². The van der Waals surface area contributed by atoms with Crippen LogP contribution in [0.3, 0.4) is 0 Å². The highest BCUT2D eigenvalue weighted by Gasteiger charge is 2.75. The van der Waals surface area contributed by atoms with Gasteiger partial charge in [-0.25, -0.2) is 0 Å². The Hall–Kier alpha value is -0.640. The number of hydrogen-bond donors (Lipinski definition) is 0. The van der Waals surface area contributed by atoms with Gasteiger partial charge in [-0.05, 0) is 0 Å². The zero-order valence-corrected chi connectivity index (χ0v) is 7.98. The van der Waals surface area contributed by atoms with Crippen molar-refractivity contribution in [1.29, 1.82) is 0 Å². The summed E-state index contributed by atoms with van der Waals surface area (Å²) >= 11 is 0. The molecule has 102 valence electrons. The molecule has 17 heavy (non-hydrogen) atoms. The van der Waals surface area contributed by atoms with Gasteiger partial charge in [0.15, 0.2) is 0 Å². The molecule has 0 N–H and O–H groups in total. The van der Waals surface area contributed by atoms with Gasteiger partial charge in [-0.2, -0.15) is 43.9 Å². The number of rotatable bonds is 3. The zero-order chi connectivity index (χ0) is 14.3. The minimum Gasteiger partial charge on any atom is -0.255 e. The fourth-order valence-corrected chi connectivity index (χ4v) is 0.951. The van der Waals surface area contributed by atoms with E-state index in [1.165, 1.54) is 0 Å². The maximum absolute atomic E-state index is 12.2. The predicted octanol–water partition coefficient (Wildman–Crippen LogP) is 3.81. The highest BCUT2D eigenvalue weighted by atomic mass is 31.1. The third-order valence-electron chi connectivity index (χ3n) is 1.30. The van der Waals surface area contributed by atoms with Gasteiger partial charge in [-0.15, -0.1) is 0 Å². The summed E-state index contributed by atoms with van der Waals surface area (Å²) in [6, 6.07) is -13.2. The summed E-state index contributed by atoms with van der Waals surface area (Å²) in [5, 5.41) is 0. The van der Waals surface area contributed by atoms with Gasteiger partial charge in [0.25, 0.3) is 8.61 Å². The molecule has 0 amide bonds. The van der Waals surface area contributed by atoms with Crippen LogP contribution >= 0.6 is 8.61 Å². The smallest absolute Gasteiger partial charge is 0.255 e. The van der Waals surface area contributed by atoms with Crippen LogP contribution in [0.4, 0.5) is 43.9 Å². The summed E-state index contributed by atoms with van der Waals surface area (Å²) in [7, 11) is -2.84. The standard InChI is InChI=1S/C4F10NOP/c5-1(6,7)3(11,12)15(17-16)4(13,14)2(8,9)10. The molecule has 0 rings (SSSR count). The van der Waals surface area contributed by atoms with Crippen LogP contribution in [0, 0.1) is 0 Å². The fourth-order valence-electron chi connectivity index (χ4n) is 0.519. The largest absolute Gasteiger partial charge is 0.470 e. The number of hydrogen-bond acceptors (Lipinski definition) is 1. The second-order valence-electron chi connectivity index (χ2n) is 2.47. The molecule has 0 aromatic rings. The molecule has 0 aliphatic rings. The van der Waals surface area contributed by atoms with Crippen molar-refractivity contribution < 1.29 is 48.5 Å². The van der Waals surface area contributed by atoms with Crippen molar-refractivity contribution in [1.82, 2.24) is 4.67 Å².